The lowest BCUT2D eigenvalue weighted by molar-refractivity contribution is -0.120. The Morgan fingerprint density at radius 3 is 2.45 bits per heavy atom. The van der Waals surface area contributed by atoms with E-state index in [1.807, 2.05) is 20.8 Å². The van der Waals surface area contributed by atoms with Gasteiger partial charge in [-0.25, -0.2) is 9.97 Å². The molecule has 0 aliphatic heterocycles. The minimum absolute atomic E-state index is 0.0930. The van der Waals surface area contributed by atoms with E-state index in [4.69, 9.17) is 0 Å². The average molecular weight is 321 g/mol. The van der Waals surface area contributed by atoms with Crippen LogP contribution >= 0.6 is 11.8 Å². The molecule has 0 spiro atoms. The Hall–Kier alpha value is -1.10. The zero-order valence-corrected chi connectivity index (χ0v) is 15.1. The Balaban J connectivity index is 1.88. The van der Waals surface area contributed by atoms with Crippen molar-refractivity contribution in [2.75, 3.05) is 5.75 Å². The number of hydrogen-bond donors (Lipinski definition) is 1. The van der Waals surface area contributed by atoms with Crippen LogP contribution in [0.5, 0.6) is 0 Å². The molecule has 0 radical (unpaired) electrons. The summed E-state index contributed by atoms with van der Waals surface area (Å²) >= 11 is 1.42. The van der Waals surface area contributed by atoms with Gasteiger partial charge in [0.25, 0.3) is 0 Å². The quantitative estimate of drug-likeness (QED) is 0.682. The van der Waals surface area contributed by atoms with Crippen LogP contribution in [0, 0.1) is 32.6 Å². The normalized spacial score (nSPS) is 25.0. The van der Waals surface area contributed by atoms with Crippen molar-refractivity contribution in [3.05, 3.63) is 17.0 Å². The molecule has 0 bridgehead atoms. The standard InChI is InChI=1S/C17H27N3OS/c1-10-7-6-8-15(11(10)2)20-16(21)9-22-17-18-13(4)12(3)14(5)19-17/h10-11,15H,6-9H2,1-5H3,(H,20,21)/t10-,11-,15+/m1/s1. The first-order valence-electron chi connectivity index (χ1n) is 8.12. The van der Waals surface area contributed by atoms with Gasteiger partial charge in [0.15, 0.2) is 5.16 Å². The highest BCUT2D eigenvalue weighted by Gasteiger charge is 2.28. The third kappa shape index (κ3) is 4.22. The molecule has 5 heteroatoms. The highest BCUT2D eigenvalue weighted by atomic mass is 32.2. The van der Waals surface area contributed by atoms with Crippen molar-refractivity contribution in [3.63, 3.8) is 0 Å². The first-order chi connectivity index (χ1) is 10.4. The van der Waals surface area contributed by atoms with Crippen LogP contribution in [0.4, 0.5) is 0 Å². The maximum Gasteiger partial charge on any atom is 0.230 e. The number of aryl methyl sites for hydroxylation is 2. The zero-order chi connectivity index (χ0) is 16.3. The van der Waals surface area contributed by atoms with E-state index in [-0.39, 0.29) is 5.91 Å². The number of nitrogens with zero attached hydrogens (tertiary/aromatic N) is 2. The fourth-order valence-electron chi connectivity index (χ4n) is 2.97. The highest BCUT2D eigenvalue weighted by molar-refractivity contribution is 7.99. The molecule has 1 aromatic rings. The van der Waals surface area contributed by atoms with Gasteiger partial charge in [0.2, 0.25) is 5.91 Å². The lowest BCUT2D eigenvalue weighted by Crippen LogP contribution is -2.44. The van der Waals surface area contributed by atoms with E-state index in [2.05, 4.69) is 29.1 Å². The minimum Gasteiger partial charge on any atom is -0.352 e. The summed E-state index contributed by atoms with van der Waals surface area (Å²) in [5.41, 5.74) is 3.11. The third-order valence-corrected chi connectivity index (χ3v) is 5.84. The van der Waals surface area contributed by atoms with Gasteiger partial charge in [-0.1, -0.05) is 38.5 Å². The Morgan fingerprint density at radius 1 is 1.18 bits per heavy atom. The van der Waals surface area contributed by atoms with Crippen molar-refractivity contribution in [2.45, 2.75) is 65.1 Å². The predicted molar refractivity (Wildman–Crippen MR) is 91.1 cm³/mol. The summed E-state index contributed by atoms with van der Waals surface area (Å²) in [6.07, 6.45) is 3.59. The van der Waals surface area contributed by atoms with Gasteiger partial charge in [0.05, 0.1) is 5.75 Å². The van der Waals surface area contributed by atoms with E-state index in [9.17, 15) is 4.79 Å². The number of nitrogens with one attached hydrogen (secondary N) is 1. The molecule has 4 nitrogen and oxygen atoms in total. The smallest absolute Gasteiger partial charge is 0.230 e. The minimum atomic E-state index is 0.0930. The van der Waals surface area contributed by atoms with Crippen LogP contribution < -0.4 is 5.32 Å². The topological polar surface area (TPSA) is 54.9 Å². The van der Waals surface area contributed by atoms with Crippen molar-refractivity contribution in [1.29, 1.82) is 0 Å². The number of thioether (sulfide) groups is 1. The first kappa shape index (κ1) is 17.3. The fraction of sp³-hybridized carbons (Fsp3) is 0.706. The maximum atomic E-state index is 12.2. The fourth-order valence-corrected chi connectivity index (χ4v) is 3.72. The first-order valence-corrected chi connectivity index (χ1v) is 9.11. The van der Waals surface area contributed by atoms with Gasteiger partial charge in [-0.05, 0) is 44.6 Å². The molecule has 22 heavy (non-hydrogen) atoms. The van der Waals surface area contributed by atoms with Crippen LogP contribution in [0.25, 0.3) is 0 Å². The largest absolute Gasteiger partial charge is 0.352 e. The van der Waals surface area contributed by atoms with Crippen molar-refractivity contribution < 1.29 is 4.79 Å². The van der Waals surface area contributed by atoms with E-state index in [0.29, 0.717) is 28.8 Å². The molecule has 0 aromatic carbocycles. The summed E-state index contributed by atoms with van der Waals surface area (Å²) in [7, 11) is 0. The van der Waals surface area contributed by atoms with Gasteiger partial charge in [0.1, 0.15) is 0 Å². The summed E-state index contributed by atoms with van der Waals surface area (Å²) < 4.78 is 0. The molecule has 1 heterocycles. The SMILES string of the molecule is Cc1nc(SCC(=O)N[C@H]2CCC[C@@H](C)[C@H]2C)nc(C)c1C. The summed E-state index contributed by atoms with van der Waals surface area (Å²) in [6, 6.07) is 0.319. The Bertz CT molecular complexity index is 524. The van der Waals surface area contributed by atoms with Crippen molar-refractivity contribution >= 4 is 17.7 Å². The lowest BCUT2D eigenvalue weighted by atomic mass is 9.78. The molecule has 0 unspecified atom stereocenters. The van der Waals surface area contributed by atoms with Crippen LogP contribution in [0.2, 0.25) is 0 Å². The molecule has 1 saturated carbocycles. The molecule has 1 aliphatic carbocycles. The van der Waals surface area contributed by atoms with Gasteiger partial charge in [-0.3, -0.25) is 4.79 Å². The number of hydrogen-bond acceptors (Lipinski definition) is 4. The number of aromatic nitrogens is 2. The molecule has 122 valence electrons. The second kappa shape index (κ2) is 7.44. The van der Waals surface area contributed by atoms with Gasteiger partial charge in [-0.15, -0.1) is 0 Å². The predicted octanol–water partition coefficient (Wildman–Crippen LogP) is 3.43. The van der Waals surface area contributed by atoms with Gasteiger partial charge < -0.3 is 5.32 Å². The molecular formula is C17H27N3OS. The number of carbonyl (C=O) groups is 1. The van der Waals surface area contributed by atoms with E-state index < -0.39 is 0 Å². The lowest BCUT2D eigenvalue weighted by Gasteiger charge is -2.34. The Labute approximate surface area is 137 Å². The molecule has 1 aromatic heterocycles. The number of carbonyl (C=O) groups excluding carboxylic acids is 1. The molecular weight excluding hydrogens is 294 g/mol. The van der Waals surface area contributed by atoms with Crippen LogP contribution in [0.3, 0.4) is 0 Å². The average Bonchev–Trinajstić information content (AvgIpc) is 2.47. The molecule has 2 rings (SSSR count). The molecule has 1 aliphatic rings. The van der Waals surface area contributed by atoms with E-state index >= 15 is 0 Å². The zero-order valence-electron chi connectivity index (χ0n) is 14.3. The third-order valence-electron chi connectivity index (χ3n) is 5.00. The summed E-state index contributed by atoms with van der Waals surface area (Å²) in [5.74, 6) is 1.73. The van der Waals surface area contributed by atoms with E-state index in [1.54, 1.807) is 0 Å². The van der Waals surface area contributed by atoms with Crippen molar-refractivity contribution in [3.8, 4) is 0 Å². The van der Waals surface area contributed by atoms with Gasteiger partial charge in [-0.2, -0.15) is 0 Å². The molecule has 1 amide bonds. The number of amides is 1. The van der Waals surface area contributed by atoms with Gasteiger partial charge in [0, 0.05) is 17.4 Å². The summed E-state index contributed by atoms with van der Waals surface area (Å²) in [6.45, 7) is 10.5. The molecule has 3 atom stereocenters. The summed E-state index contributed by atoms with van der Waals surface area (Å²) in [4.78, 5) is 21.1. The van der Waals surface area contributed by atoms with Crippen molar-refractivity contribution in [1.82, 2.24) is 15.3 Å². The van der Waals surface area contributed by atoms with Crippen molar-refractivity contribution in [2.24, 2.45) is 11.8 Å². The van der Waals surface area contributed by atoms with Crippen LogP contribution in [-0.2, 0) is 4.79 Å². The molecule has 1 N–H and O–H groups in total. The molecule has 1 fully saturated rings. The van der Waals surface area contributed by atoms with E-state index in [1.165, 1.54) is 24.6 Å². The highest BCUT2D eigenvalue weighted by Crippen LogP contribution is 2.29. The second-order valence-electron chi connectivity index (χ2n) is 6.53. The number of rotatable bonds is 4. The monoisotopic (exact) mass is 321 g/mol. The van der Waals surface area contributed by atoms with Crippen LogP contribution in [-0.4, -0.2) is 27.7 Å². The Kier molecular flexibility index (Phi) is 5.84. The summed E-state index contributed by atoms with van der Waals surface area (Å²) in [5, 5.41) is 3.89. The van der Waals surface area contributed by atoms with Gasteiger partial charge >= 0.3 is 0 Å². The van der Waals surface area contributed by atoms with Crippen LogP contribution in [0.1, 0.15) is 50.1 Å². The maximum absolute atomic E-state index is 12.2. The van der Waals surface area contributed by atoms with Crippen LogP contribution in [0.15, 0.2) is 5.16 Å². The Morgan fingerprint density at radius 2 is 1.82 bits per heavy atom. The second-order valence-corrected chi connectivity index (χ2v) is 7.47. The van der Waals surface area contributed by atoms with E-state index in [0.717, 1.165) is 23.4 Å². The molecule has 0 saturated heterocycles.